The molecule has 4 bridgehead atoms. The molecule has 116 valence electrons. The maximum atomic E-state index is 6.86. The lowest BCUT2D eigenvalue weighted by atomic mass is 9.40. The van der Waals surface area contributed by atoms with Gasteiger partial charge in [-0.15, -0.1) is 22.9 Å². The zero-order chi connectivity index (χ0) is 14.9. The van der Waals surface area contributed by atoms with Crippen molar-refractivity contribution < 1.29 is 0 Å². The summed E-state index contributed by atoms with van der Waals surface area (Å²) in [5, 5.41) is 0.229. The van der Waals surface area contributed by atoms with Gasteiger partial charge in [0.25, 0.3) is 0 Å². The summed E-state index contributed by atoms with van der Waals surface area (Å²) in [6.07, 6.45) is 9.94. The Hall–Kier alpha value is -0.0100. The van der Waals surface area contributed by atoms with E-state index >= 15 is 0 Å². The maximum absolute atomic E-state index is 6.86. The first-order valence-electron chi connectivity index (χ1n) is 8.49. The van der Waals surface area contributed by atoms with Crippen LogP contribution in [0.3, 0.4) is 0 Å². The van der Waals surface area contributed by atoms with Crippen molar-refractivity contribution in [2.75, 3.05) is 0 Å². The Morgan fingerprint density at radius 3 is 2.33 bits per heavy atom. The van der Waals surface area contributed by atoms with Crippen molar-refractivity contribution in [3.63, 3.8) is 0 Å². The fourth-order valence-electron chi connectivity index (χ4n) is 7.01. The van der Waals surface area contributed by atoms with Crippen molar-refractivity contribution in [2.45, 2.75) is 71.1 Å². The van der Waals surface area contributed by atoms with Gasteiger partial charge in [0.15, 0.2) is 0 Å². The van der Waals surface area contributed by atoms with Gasteiger partial charge < -0.3 is 0 Å². The molecule has 0 saturated heterocycles. The van der Waals surface area contributed by atoms with Gasteiger partial charge in [-0.05, 0) is 86.2 Å². The summed E-state index contributed by atoms with van der Waals surface area (Å²) in [5.74, 6) is 0.977. The third-order valence-corrected chi connectivity index (χ3v) is 8.06. The molecular weight excluding hydrogens is 296 g/mol. The highest BCUT2D eigenvalue weighted by atomic mass is 35.5. The van der Waals surface area contributed by atoms with Crippen molar-refractivity contribution in [2.24, 2.45) is 22.2 Å². The SMILES string of the molecule is Cc1ccc(C(Cl)CC23CC4CC(C)(CC(C)(C4)C2)C3)s1. The lowest BCUT2D eigenvalue weighted by molar-refractivity contribution is -0.147. The molecule has 1 aromatic rings. The van der Waals surface area contributed by atoms with Crippen LogP contribution < -0.4 is 0 Å². The number of alkyl halides is 1. The molecular formula is C19H27ClS. The Labute approximate surface area is 138 Å². The Bertz CT molecular complexity index is 542. The third-order valence-electron chi connectivity index (χ3n) is 6.42. The van der Waals surface area contributed by atoms with Gasteiger partial charge in [-0.25, -0.2) is 0 Å². The van der Waals surface area contributed by atoms with Crippen LogP contribution in [0.15, 0.2) is 12.1 Å². The summed E-state index contributed by atoms with van der Waals surface area (Å²) in [5.41, 5.74) is 1.75. The Balaban J connectivity index is 1.59. The number of thiophene rings is 1. The molecule has 0 aromatic carbocycles. The highest BCUT2D eigenvalue weighted by Crippen LogP contribution is 2.71. The minimum atomic E-state index is 0.229. The van der Waals surface area contributed by atoms with E-state index in [0.717, 1.165) is 5.92 Å². The van der Waals surface area contributed by atoms with Gasteiger partial charge in [-0.2, -0.15) is 0 Å². The second-order valence-electron chi connectivity index (χ2n) is 9.25. The Kier molecular flexibility index (Phi) is 3.13. The number of hydrogen-bond acceptors (Lipinski definition) is 1. The fraction of sp³-hybridized carbons (Fsp3) is 0.789. The molecule has 3 unspecified atom stereocenters. The molecule has 21 heavy (non-hydrogen) atoms. The number of rotatable bonds is 3. The van der Waals surface area contributed by atoms with Gasteiger partial charge in [-0.3, -0.25) is 0 Å². The van der Waals surface area contributed by atoms with Crippen LogP contribution in [0.2, 0.25) is 0 Å². The van der Waals surface area contributed by atoms with Crippen LogP contribution in [0.1, 0.15) is 73.9 Å². The molecule has 1 aromatic heterocycles. The maximum Gasteiger partial charge on any atom is 0.0684 e. The first-order chi connectivity index (χ1) is 9.79. The van der Waals surface area contributed by atoms with E-state index in [4.69, 9.17) is 11.6 Å². The van der Waals surface area contributed by atoms with Crippen LogP contribution in [0, 0.1) is 29.1 Å². The molecule has 0 N–H and O–H groups in total. The summed E-state index contributed by atoms with van der Waals surface area (Å²) >= 11 is 8.75. The van der Waals surface area contributed by atoms with Gasteiger partial charge in [0, 0.05) is 9.75 Å². The molecule has 0 spiro atoms. The van der Waals surface area contributed by atoms with E-state index in [1.807, 2.05) is 11.3 Å². The van der Waals surface area contributed by atoms with Crippen LogP contribution in [-0.2, 0) is 0 Å². The molecule has 0 nitrogen and oxygen atoms in total. The monoisotopic (exact) mass is 322 g/mol. The quantitative estimate of drug-likeness (QED) is 0.541. The smallest absolute Gasteiger partial charge is 0.0684 e. The van der Waals surface area contributed by atoms with Crippen molar-refractivity contribution >= 4 is 22.9 Å². The fourth-order valence-corrected chi connectivity index (χ4v) is 8.40. The molecule has 1 heterocycles. The van der Waals surface area contributed by atoms with E-state index < -0.39 is 0 Å². The predicted molar refractivity (Wildman–Crippen MR) is 92.1 cm³/mol. The molecule has 4 fully saturated rings. The molecule has 0 amide bonds. The van der Waals surface area contributed by atoms with Gasteiger partial charge >= 0.3 is 0 Å². The average molecular weight is 323 g/mol. The van der Waals surface area contributed by atoms with E-state index in [1.165, 1.54) is 54.7 Å². The van der Waals surface area contributed by atoms with E-state index in [9.17, 15) is 0 Å². The van der Waals surface area contributed by atoms with Gasteiger partial charge in [0.2, 0.25) is 0 Å². The van der Waals surface area contributed by atoms with E-state index in [0.29, 0.717) is 16.2 Å². The van der Waals surface area contributed by atoms with Crippen LogP contribution >= 0.6 is 22.9 Å². The Morgan fingerprint density at radius 1 is 1.14 bits per heavy atom. The predicted octanol–water partition coefficient (Wildman–Crippen LogP) is 6.72. The molecule has 4 aliphatic rings. The van der Waals surface area contributed by atoms with E-state index in [2.05, 4.69) is 32.9 Å². The third kappa shape index (κ3) is 2.49. The number of halogens is 1. The molecule has 4 aliphatic carbocycles. The van der Waals surface area contributed by atoms with Gasteiger partial charge in [0.1, 0.15) is 0 Å². The first-order valence-corrected chi connectivity index (χ1v) is 9.75. The first kappa shape index (κ1) is 14.6. The van der Waals surface area contributed by atoms with Crippen LogP contribution in [0.4, 0.5) is 0 Å². The lowest BCUT2D eigenvalue weighted by Gasteiger charge is -2.66. The normalized spacial score (nSPS) is 46.0. The number of aryl methyl sites for hydroxylation is 1. The van der Waals surface area contributed by atoms with E-state index in [-0.39, 0.29) is 5.38 Å². The minimum Gasteiger partial charge on any atom is -0.144 e. The average Bonchev–Trinajstić information content (AvgIpc) is 2.70. The molecule has 0 radical (unpaired) electrons. The van der Waals surface area contributed by atoms with Crippen LogP contribution in [0.25, 0.3) is 0 Å². The summed E-state index contributed by atoms with van der Waals surface area (Å²) in [6, 6.07) is 4.47. The second-order valence-corrected chi connectivity index (χ2v) is 11.1. The minimum absolute atomic E-state index is 0.229. The Morgan fingerprint density at radius 2 is 1.81 bits per heavy atom. The van der Waals surface area contributed by atoms with E-state index in [1.54, 1.807) is 0 Å². The van der Waals surface area contributed by atoms with Crippen molar-refractivity contribution in [1.29, 1.82) is 0 Å². The molecule has 2 heteroatoms. The van der Waals surface area contributed by atoms with Crippen LogP contribution in [-0.4, -0.2) is 0 Å². The molecule has 5 rings (SSSR count). The summed E-state index contributed by atoms with van der Waals surface area (Å²) in [4.78, 5) is 2.78. The zero-order valence-electron chi connectivity index (χ0n) is 13.5. The standard InChI is InChI=1S/C19H27ClS/c1-13-4-5-16(21-13)15(20)9-19-8-14-6-17(2,11-19)10-18(3,7-14)12-19/h4-5,14-15H,6-12H2,1-3H3. The second kappa shape index (κ2) is 4.51. The highest BCUT2D eigenvalue weighted by Gasteiger charge is 2.60. The topological polar surface area (TPSA) is 0 Å². The number of hydrogen-bond donors (Lipinski definition) is 0. The molecule has 0 aliphatic heterocycles. The summed E-state index contributed by atoms with van der Waals surface area (Å²) < 4.78 is 0. The lowest BCUT2D eigenvalue weighted by Crippen LogP contribution is -2.55. The van der Waals surface area contributed by atoms with Crippen molar-refractivity contribution in [1.82, 2.24) is 0 Å². The van der Waals surface area contributed by atoms with Crippen LogP contribution in [0.5, 0.6) is 0 Å². The van der Waals surface area contributed by atoms with Gasteiger partial charge in [0.05, 0.1) is 5.38 Å². The zero-order valence-corrected chi connectivity index (χ0v) is 15.1. The van der Waals surface area contributed by atoms with Crippen molar-refractivity contribution in [3.8, 4) is 0 Å². The molecule has 3 atom stereocenters. The highest BCUT2D eigenvalue weighted by molar-refractivity contribution is 7.12. The summed E-state index contributed by atoms with van der Waals surface area (Å²) in [7, 11) is 0. The largest absolute Gasteiger partial charge is 0.144 e. The van der Waals surface area contributed by atoms with Crippen molar-refractivity contribution in [3.05, 3.63) is 21.9 Å². The molecule has 4 saturated carbocycles. The van der Waals surface area contributed by atoms with Gasteiger partial charge in [-0.1, -0.05) is 13.8 Å². The summed E-state index contributed by atoms with van der Waals surface area (Å²) in [6.45, 7) is 7.30.